The van der Waals surface area contributed by atoms with Crippen LogP contribution in [0.15, 0.2) is 95.2 Å². The molecule has 2 aromatic carbocycles. The van der Waals surface area contributed by atoms with Crippen LogP contribution in [0.5, 0.6) is 0 Å². The maximum Gasteiger partial charge on any atom is 0.236 e. The second-order valence-electron chi connectivity index (χ2n) is 8.02. The van der Waals surface area contributed by atoms with E-state index in [0.717, 1.165) is 22.5 Å². The molecule has 0 aliphatic heterocycles. The van der Waals surface area contributed by atoms with Crippen LogP contribution in [0.3, 0.4) is 0 Å². The minimum atomic E-state index is -0.349. The highest BCUT2D eigenvalue weighted by Crippen LogP contribution is 2.30. The molecule has 2 heterocycles. The molecule has 34 heavy (non-hydrogen) atoms. The highest BCUT2D eigenvalue weighted by Gasteiger charge is 2.25. The van der Waals surface area contributed by atoms with Crippen molar-refractivity contribution < 1.29 is 9.21 Å². The van der Waals surface area contributed by atoms with Crippen LogP contribution in [-0.4, -0.2) is 30.8 Å². The summed E-state index contributed by atoms with van der Waals surface area (Å²) in [6.45, 7) is 9.31. The molecule has 6 nitrogen and oxygen atoms in total. The van der Waals surface area contributed by atoms with Crippen molar-refractivity contribution in [3.05, 3.63) is 103 Å². The topological polar surface area (TPSA) is 64.2 Å². The van der Waals surface area contributed by atoms with Gasteiger partial charge < -0.3 is 9.32 Å². The van der Waals surface area contributed by atoms with E-state index < -0.39 is 0 Å². The van der Waals surface area contributed by atoms with Crippen molar-refractivity contribution in [2.24, 2.45) is 0 Å². The molecule has 1 unspecified atom stereocenters. The molecule has 0 saturated carbocycles. The van der Waals surface area contributed by atoms with Gasteiger partial charge in [0.05, 0.1) is 17.1 Å². The van der Waals surface area contributed by atoms with Crippen LogP contribution in [0.25, 0.3) is 11.4 Å². The lowest BCUT2D eigenvalue weighted by Gasteiger charge is -2.26. The number of rotatable bonds is 10. The zero-order valence-corrected chi connectivity index (χ0v) is 20.2. The van der Waals surface area contributed by atoms with Crippen LogP contribution in [0.4, 0.5) is 0 Å². The third-order valence-corrected chi connectivity index (χ3v) is 6.57. The van der Waals surface area contributed by atoms with E-state index in [4.69, 9.17) is 4.42 Å². The molecule has 1 atom stereocenters. The normalized spacial score (nSPS) is 11.8. The molecule has 0 fully saturated rings. The first-order chi connectivity index (χ1) is 16.6. The van der Waals surface area contributed by atoms with Crippen molar-refractivity contribution >= 4 is 17.7 Å². The number of nitrogens with zero attached hydrogens (tertiary/aromatic N) is 4. The van der Waals surface area contributed by atoms with Crippen LogP contribution in [0.1, 0.15) is 23.8 Å². The van der Waals surface area contributed by atoms with Gasteiger partial charge in [-0.05, 0) is 31.0 Å². The van der Waals surface area contributed by atoms with Gasteiger partial charge in [0.2, 0.25) is 5.91 Å². The maximum absolute atomic E-state index is 13.6. The SMILES string of the molecule is C=CCn1c(SC(C)C(=O)N(Cc2ccccc2)Cc2ccccc2)nnc1-c1ccoc1C. The number of carbonyl (C=O) groups is 1. The Kier molecular flexibility index (Phi) is 7.65. The fourth-order valence-corrected chi connectivity index (χ4v) is 4.71. The Balaban J connectivity index is 1.57. The number of hydrogen-bond acceptors (Lipinski definition) is 5. The van der Waals surface area contributed by atoms with Gasteiger partial charge in [0.15, 0.2) is 11.0 Å². The summed E-state index contributed by atoms with van der Waals surface area (Å²) < 4.78 is 7.42. The zero-order chi connectivity index (χ0) is 23.9. The van der Waals surface area contributed by atoms with Gasteiger partial charge in [-0.25, -0.2) is 0 Å². The van der Waals surface area contributed by atoms with E-state index in [0.29, 0.717) is 30.6 Å². The number of carbonyl (C=O) groups excluding carboxylic acids is 1. The number of aromatic nitrogens is 3. The smallest absolute Gasteiger partial charge is 0.236 e. The van der Waals surface area contributed by atoms with Gasteiger partial charge in [0, 0.05) is 19.6 Å². The largest absolute Gasteiger partial charge is 0.469 e. The molecule has 0 aliphatic carbocycles. The summed E-state index contributed by atoms with van der Waals surface area (Å²) >= 11 is 1.41. The summed E-state index contributed by atoms with van der Waals surface area (Å²) in [5, 5.41) is 9.12. The van der Waals surface area contributed by atoms with E-state index in [2.05, 4.69) is 16.8 Å². The highest BCUT2D eigenvalue weighted by atomic mass is 32.2. The van der Waals surface area contributed by atoms with E-state index in [1.807, 2.05) is 90.0 Å². The van der Waals surface area contributed by atoms with E-state index in [1.165, 1.54) is 11.8 Å². The second-order valence-corrected chi connectivity index (χ2v) is 9.33. The molecule has 4 aromatic rings. The summed E-state index contributed by atoms with van der Waals surface area (Å²) in [4.78, 5) is 15.5. The number of hydrogen-bond donors (Lipinski definition) is 0. The van der Waals surface area contributed by atoms with Crippen molar-refractivity contribution in [1.29, 1.82) is 0 Å². The number of benzene rings is 2. The third-order valence-electron chi connectivity index (χ3n) is 5.50. The van der Waals surface area contributed by atoms with Crippen LogP contribution >= 0.6 is 11.8 Å². The van der Waals surface area contributed by atoms with Crippen LogP contribution < -0.4 is 0 Å². The number of thioether (sulfide) groups is 1. The summed E-state index contributed by atoms with van der Waals surface area (Å²) in [5.41, 5.74) is 3.07. The monoisotopic (exact) mass is 472 g/mol. The Bertz CT molecular complexity index is 1190. The van der Waals surface area contributed by atoms with E-state index >= 15 is 0 Å². The Labute approximate surface area is 204 Å². The van der Waals surface area contributed by atoms with E-state index in [1.54, 1.807) is 12.3 Å². The standard InChI is InChI=1S/C27H28N4O2S/c1-4-16-31-25(24-15-17-33-20(24)2)28-29-27(31)34-21(3)26(32)30(18-22-11-7-5-8-12-22)19-23-13-9-6-10-14-23/h4-15,17,21H,1,16,18-19H2,2-3H3. The van der Waals surface area contributed by atoms with Crippen molar-refractivity contribution in [2.75, 3.05) is 0 Å². The molecule has 0 saturated heterocycles. The molecule has 174 valence electrons. The van der Waals surface area contributed by atoms with Crippen molar-refractivity contribution in [3.63, 3.8) is 0 Å². The summed E-state index contributed by atoms with van der Waals surface area (Å²) in [6, 6.07) is 22.0. The molecular formula is C27H28N4O2S. The summed E-state index contributed by atoms with van der Waals surface area (Å²) in [5.74, 6) is 1.53. The molecule has 0 bridgehead atoms. The lowest BCUT2D eigenvalue weighted by atomic mass is 10.1. The average Bonchev–Trinajstić information content (AvgIpc) is 3.45. The first-order valence-corrected chi connectivity index (χ1v) is 12.1. The lowest BCUT2D eigenvalue weighted by molar-refractivity contribution is -0.131. The number of furan rings is 1. The number of allylic oxidation sites excluding steroid dienone is 1. The Hall–Kier alpha value is -3.58. The molecule has 0 spiro atoms. The Morgan fingerprint density at radius 1 is 1.06 bits per heavy atom. The second kappa shape index (κ2) is 11.0. The average molecular weight is 473 g/mol. The molecule has 0 N–H and O–H groups in total. The molecule has 0 radical (unpaired) electrons. The molecule has 4 rings (SSSR count). The van der Waals surface area contributed by atoms with Crippen LogP contribution in [0.2, 0.25) is 0 Å². The van der Waals surface area contributed by atoms with Gasteiger partial charge >= 0.3 is 0 Å². The molecule has 1 amide bonds. The molecule has 7 heteroatoms. The van der Waals surface area contributed by atoms with Crippen molar-refractivity contribution in [2.45, 2.75) is 43.9 Å². The minimum absolute atomic E-state index is 0.0481. The fraction of sp³-hybridized carbons (Fsp3) is 0.222. The first kappa shape index (κ1) is 23.6. The van der Waals surface area contributed by atoms with Crippen molar-refractivity contribution in [1.82, 2.24) is 19.7 Å². The van der Waals surface area contributed by atoms with Gasteiger partial charge in [-0.3, -0.25) is 9.36 Å². The quantitative estimate of drug-likeness (QED) is 0.217. The molecule has 0 aliphatic rings. The van der Waals surface area contributed by atoms with Crippen molar-refractivity contribution in [3.8, 4) is 11.4 Å². The Morgan fingerprint density at radius 3 is 2.21 bits per heavy atom. The van der Waals surface area contributed by atoms with Gasteiger partial charge in [-0.15, -0.1) is 16.8 Å². The number of amides is 1. The lowest BCUT2D eigenvalue weighted by Crippen LogP contribution is -2.35. The predicted octanol–water partition coefficient (Wildman–Crippen LogP) is 5.74. The van der Waals surface area contributed by atoms with Crippen LogP contribution in [-0.2, 0) is 24.4 Å². The van der Waals surface area contributed by atoms with Crippen LogP contribution in [0, 0.1) is 6.92 Å². The fourth-order valence-electron chi connectivity index (χ4n) is 3.77. The molecule has 2 aromatic heterocycles. The third kappa shape index (κ3) is 5.48. The maximum atomic E-state index is 13.6. The first-order valence-electron chi connectivity index (χ1n) is 11.2. The van der Waals surface area contributed by atoms with Gasteiger partial charge in [-0.2, -0.15) is 0 Å². The molecular weight excluding hydrogens is 444 g/mol. The summed E-state index contributed by atoms with van der Waals surface area (Å²) in [6.07, 6.45) is 3.44. The van der Waals surface area contributed by atoms with Gasteiger partial charge in [0.25, 0.3) is 0 Å². The zero-order valence-electron chi connectivity index (χ0n) is 19.4. The van der Waals surface area contributed by atoms with E-state index in [-0.39, 0.29) is 11.2 Å². The van der Waals surface area contributed by atoms with E-state index in [9.17, 15) is 4.79 Å². The summed E-state index contributed by atoms with van der Waals surface area (Å²) in [7, 11) is 0. The number of aryl methyl sites for hydroxylation is 1. The Morgan fingerprint density at radius 2 is 1.68 bits per heavy atom. The predicted molar refractivity (Wildman–Crippen MR) is 135 cm³/mol. The van der Waals surface area contributed by atoms with Gasteiger partial charge in [0.1, 0.15) is 5.76 Å². The van der Waals surface area contributed by atoms with Gasteiger partial charge in [-0.1, -0.05) is 78.5 Å². The minimum Gasteiger partial charge on any atom is -0.469 e. The highest BCUT2D eigenvalue weighted by molar-refractivity contribution is 8.00.